The molecule has 5 nitrogen and oxygen atoms in total. The average Bonchev–Trinajstić information content (AvgIpc) is 2.74. The minimum atomic E-state index is 0.212. The van der Waals surface area contributed by atoms with Gasteiger partial charge in [-0.3, -0.25) is 0 Å². The molecule has 1 heterocycles. The molecule has 0 unspecified atom stereocenters. The third-order valence-corrected chi connectivity index (χ3v) is 2.52. The van der Waals surface area contributed by atoms with E-state index in [0.717, 1.165) is 16.7 Å². The van der Waals surface area contributed by atoms with E-state index in [9.17, 15) is 5.11 Å². The van der Waals surface area contributed by atoms with Crippen molar-refractivity contribution in [2.24, 2.45) is 5.73 Å². The topological polar surface area (TPSA) is 85.2 Å². The van der Waals surface area contributed by atoms with Crippen molar-refractivity contribution in [3.8, 4) is 17.1 Å². The first kappa shape index (κ1) is 10.6. The van der Waals surface area contributed by atoms with Gasteiger partial charge < -0.3 is 15.4 Å². The fraction of sp³-hybridized carbons (Fsp3) is 0.273. The van der Waals surface area contributed by atoms with E-state index in [1.165, 1.54) is 0 Å². The van der Waals surface area contributed by atoms with Crippen LogP contribution in [0.2, 0.25) is 0 Å². The van der Waals surface area contributed by atoms with Crippen LogP contribution in [0, 0.1) is 13.8 Å². The lowest BCUT2D eigenvalue weighted by atomic mass is 10.0. The summed E-state index contributed by atoms with van der Waals surface area (Å²) in [6, 6.07) is 3.67. The van der Waals surface area contributed by atoms with E-state index < -0.39 is 0 Å². The van der Waals surface area contributed by atoms with Crippen molar-refractivity contribution in [1.82, 2.24) is 10.1 Å². The molecule has 0 saturated heterocycles. The van der Waals surface area contributed by atoms with Gasteiger partial charge in [0, 0.05) is 11.1 Å². The molecular weight excluding hydrogens is 206 g/mol. The van der Waals surface area contributed by atoms with E-state index in [2.05, 4.69) is 10.1 Å². The zero-order valence-corrected chi connectivity index (χ0v) is 9.19. The van der Waals surface area contributed by atoms with Crippen molar-refractivity contribution in [2.75, 3.05) is 0 Å². The van der Waals surface area contributed by atoms with Gasteiger partial charge in [0.2, 0.25) is 11.7 Å². The van der Waals surface area contributed by atoms with Gasteiger partial charge in [0.1, 0.15) is 5.75 Å². The van der Waals surface area contributed by atoms with E-state index in [4.69, 9.17) is 10.3 Å². The van der Waals surface area contributed by atoms with Crippen LogP contribution < -0.4 is 5.73 Å². The predicted molar refractivity (Wildman–Crippen MR) is 58.8 cm³/mol. The Hall–Kier alpha value is -1.88. The number of nitrogens with two attached hydrogens (primary N) is 1. The van der Waals surface area contributed by atoms with Crippen molar-refractivity contribution in [3.63, 3.8) is 0 Å². The van der Waals surface area contributed by atoms with Crippen LogP contribution in [0.1, 0.15) is 17.0 Å². The highest BCUT2D eigenvalue weighted by atomic mass is 16.5. The summed E-state index contributed by atoms with van der Waals surface area (Å²) < 4.78 is 4.93. The van der Waals surface area contributed by atoms with Crippen molar-refractivity contribution in [1.29, 1.82) is 0 Å². The summed E-state index contributed by atoms with van der Waals surface area (Å²) in [6.07, 6.45) is 0. The molecular formula is C11H13N3O2. The minimum absolute atomic E-state index is 0.212. The number of phenolic OH excluding ortho intramolecular Hbond substituents is 1. The van der Waals surface area contributed by atoms with Gasteiger partial charge in [-0.25, -0.2) is 0 Å². The van der Waals surface area contributed by atoms with Crippen LogP contribution in [0.3, 0.4) is 0 Å². The van der Waals surface area contributed by atoms with Gasteiger partial charge in [-0.15, -0.1) is 0 Å². The number of nitrogens with zero attached hydrogens (tertiary/aromatic N) is 2. The number of aryl methyl sites for hydroxylation is 1. The number of phenols is 1. The summed E-state index contributed by atoms with van der Waals surface area (Å²) in [5.41, 5.74) is 7.71. The quantitative estimate of drug-likeness (QED) is 0.799. The highest BCUT2D eigenvalue weighted by Crippen LogP contribution is 2.30. The molecule has 0 aliphatic heterocycles. The number of hydrogen-bond donors (Lipinski definition) is 2. The Balaban J connectivity index is 2.52. The zero-order chi connectivity index (χ0) is 11.7. The van der Waals surface area contributed by atoms with Crippen molar-refractivity contribution < 1.29 is 9.63 Å². The lowest BCUT2D eigenvalue weighted by Crippen LogP contribution is -1.96. The maximum Gasteiger partial charge on any atom is 0.240 e. The smallest absolute Gasteiger partial charge is 0.240 e. The average molecular weight is 219 g/mol. The van der Waals surface area contributed by atoms with Crippen molar-refractivity contribution >= 4 is 0 Å². The first-order valence-corrected chi connectivity index (χ1v) is 4.95. The molecule has 84 valence electrons. The fourth-order valence-electron chi connectivity index (χ4n) is 1.52. The lowest BCUT2D eigenvalue weighted by molar-refractivity contribution is 0.380. The van der Waals surface area contributed by atoms with Crippen molar-refractivity contribution in [3.05, 3.63) is 29.2 Å². The van der Waals surface area contributed by atoms with Gasteiger partial charge in [-0.2, -0.15) is 4.98 Å². The molecule has 0 bridgehead atoms. The van der Waals surface area contributed by atoms with Gasteiger partial charge in [0.25, 0.3) is 0 Å². The Morgan fingerprint density at radius 3 is 2.75 bits per heavy atom. The summed E-state index contributed by atoms with van der Waals surface area (Å²) in [5.74, 6) is 1.10. The molecule has 16 heavy (non-hydrogen) atoms. The van der Waals surface area contributed by atoms with Gasteiger partial charge in [-0.05, 0) is 19.4 Å². The highest BCUT2D eigenvalue weighted by Gasteiger charge is 2.13. The van der Waals surface area contributed by atoms with Crippen LogP contribution >= 0.6 is 0 Å². The Morgan fingerprint density at radius 2 is 2.12 bits per heavy atom. The molecule has 0 amide bonds. The van der Waals surface area contributed by atoms with E-state index in [1.54, 1.807) is 0 Å². The maximum absolute atomic E-state index is 9.80. The Morgan fingerprint density at radius 1 is 1.38 bits per heavy atom. The largest absolute Gasteiger partial charge is 0.507 e. The summed E-state index contributed by atoms with van der Waals surface area (Å²) in [4.78, 5) is 4.12. The second-order valence-electron chi connectivity index (χ2n) is 3.62. The van der Waals surface area contributed by atoms with Crippen LogP contribution in [0.5, 0.6) is 5.75 Å². The Kier molecular flexibility index (Phi) is 2.62. The number of aromatic nitrogens is 2. The second-order valence-corrected chi connectivity index (χ2v) is 3.62. The molecule has 0 radical (unpaired) electrons. The number of rotatable bonds is 2. The third-order valence-electron chi connectivity index (χ3n) is 2.52. The highest BCUT2D eigenvalue weighted by molar-refractivity contribution is 5.64. The SMILES string of the molecule is Cc1ccc(-c2noc(CN)n2)c(C)c1O. The molecule has 2 rings (SSSR count). The molecule has 2 aromatic rings. The van der Waals surface area contributed by atoms with E-state index in [1.807, 2.05) is 26.0 Å². The Bertz CT molecular complexity index is 520. The van der Waals surface area contributed by atoms with Crippen molar-refractivity contribution in [2.45, 2.75) is 20.4 Å². The summed E-state index contributed by atoms with van der Waals surface area (Å²) in [5, 5.41) is 13.6. The summed E-state index contributed by atoms with van der Waals surface area (Å²) >= 11 is 0. The first-order valence-electron chi connectivity index (χ1n) is 4.95. The predicted octanol–water partition coefficient (Wildman–Crippen LogP) is 1.52. The van der Waals surface area contributed by atoms with Gasteiger partial charge in [0.15, 0.2) is 0 Å². The molecule has 5 heteroatoms. The molecule has 0 fully saturated rings. The number of hydrogen-bond acceptors (Lipinski definition) is 5. The molecule has 0 aliphatic rings. The van der Waals surface area contributed by atoms with Crippen LogP contribution in [0.4, 0.5) is 0 Å². The van der Waals surface area contributed by atoms with Crippen LogP contribution in [-0.2, 0) is 6.54 Å². The molecule has 1 aromatic carbocycles. The van der Waals surface area contributed by atoms with Gasteiger partial charge in [0.05, 0.1) is 6.54 Å². The standard InChI is InChI=1S/C11H13N3O2/c1-6-3-4-8(7(2)10(6)15)11-13-9(5-12)16-14-11/h3-4,15H,5,12H2,1-2H3. The van der Waals surface area contributed by atoms with Crippen LogP contribution in [0.25, 0.3) is 11.4 Å². The number of benzene rings is 1. The molecule has 0 aliphatic carbocycles. The summed E-state index contributed by atoms with van der Waals surface area (Å²) in [7, 11) is 0. The van der Waals surface area contributed by atoms with Crippen LogP contribution in [0.15, 0.2) is 16.7 Å². The minimum Gasteiger partial charge on any atom is -0.507 e. The Labute approximate surface area is 92.9 Å². The normalized spacial score (nSPS) is 10.7. The van der Waals surface area contributed by atoms with Crippen LogP contribution in [-0.4, -0.2) is 15.2 Å². The molecule has 0 spiro atoms. The molecule has 0 atom stereocenters. The first-order chi connectivity index (χ1) is 7.63. The van der Waals surface area contributed by atoms with E-state index in [-0.39, 0.29) is 12.3 Å². The zero-order valence-electron chi connectivity index (χ0n) is 9.19. The van der Waals surface area contributed by atoms with Gasteiger partial charge in [-0.1, -0.05) is 17.3 Å². The monoisotopic (exact) mass is 219 g/mol. The fourth-order valence-corrected chi connectivity index (χ4v) is 1.52. The van der Waals surface area contributed by atoms with E-state index in [0.29, 0.717) is 11.7 Å². The lowest BCUT2D eigenvalue weighted by Gasteiger charge is -2.06. The molecule has 0 saturated carbocycles. The second kappa shape index (κ2) is 3.94. The van der Waals surface area contributed by atoms with Gasteiger partial charge >= 0.3 is 0 Å². The molecule has 3 N–H and O–H groups in total. The summed E-state index contributed by atoms with van der Waals surface area (Å²) in [6.45, 7) is 3.87. The van der Waals surface area contributed by atoms with E-state index >= 15 is 0 Å². The molecule has 1 aromatic heterocycles. The maximum atomic E-state index is 9.80. The number of aromatic hydroxyl groups is 1. The third kappa shape index (κ3) is 1.65.